The minimum Gasteiger partial charge on any atom is -0.261 e. The van der Waals surface area contributed by atoms with Crippen LogP contribution in [0.5, 0.6) is 0 Å². The highest BCUT2D eigenvalue weighted by atomic mass is 32.1. The molecule has 0 fully saturated rings. The fraction of sp³-hybridized carbons (Fsp3) is 0.231. The summed E-state index contributed by atoms with van der Waals surface area (Å²) in [5.74, 6) is 0. The summed E-state index contributed by atoms with van der Waals surface area (Å²) < 4.78 is 0. The Kier molecular flexibility index (Phi) is 2.33. The zero-order valence-electron chi connectivity index (χ0n) is 9.10. The van der Waals surface area contributed by atoms with E-state index in [1.807, 2.05) is 29.8 Å². The lowest BCUT2D eigenvalue weighted by molar-refractivity contribution is 1.06. The lowest BCUT2D eigenvalue weighted by atomic mass is 10.1. The molecule has 0 N–H and O–H groups in total. The van der Waals surface area contributed by atoms with Crippen LogP contribution >= 0.6 is 11.3 Å². The summed E-state index contributed by atoms with van der Waals surface area (Å²) in [6, 6.07) is 6.30. The number of hydrogen-bond donors (Lipinski definition) is 0. The van der Waals surface area contributed by atoms with Crippen LogP contribution in [-0.4, -0.2) is 11.2 Å². The van der Waals surface area contributed by atoms with E-state index in [0.717, 1.165) is 24.2 Å². The van der Waals surface area contributed by atoms with E-state index in [1.165, 1.54) is 15.3 Å². The number of aryl methyl sites for hydroxylation is 2. The van der Waals surface area contributed by atoms with Crippen molar-refractivity contribution in [3.05, 3.63) is 35.0 Å². The minimum absolute atomic E-state index is 1.07. The maximum atomic E-state index is 4.43. The lowest BCUT2D eigenvalue weighted by Crippen LogP contribution is -1.87. The molecule has 0 saturated heterocycles. The Balaban J connectivity index is 2.11. The van der Waals surface area contributed by atoms with Gasteiger partial charge in [0.25, 0.3) is 0 Å². The highest BCUT2D eigenvalue weighted by Crippen LogP contribution is 2.39. The summed E-state index contributed by atoms with van der Waals surface area (Å²) in [6.07, 6.45) is 6.04. The van der Waals surface area contributed by atoms with Crippen molar-refractivity contribution in [2.24, 2.45) is 4.99 Å². The zero-order chi connectivity index (χ0) is 11.0. The second kappa shape index (κ2) is 3.83. The monoisotopic (exact) mass is 228 g/mol. The predicted octanol–water partition coefficient (Wildman–Crippen LogP) is 3.77. The molecule has 3 rings (SSSR count). The SMILES string of the molecule is Cc1ncccc1-c1cc2c(s1)CCC=N2. The number of fused-ring (bicyclic) bond motifs is 1. The maximum absolute atomic E-state index is 4.43. The second-order valence-electron chi connectivity index (χ2n) is 3.91. The quantitative estimate of drug-likeness (QED) is 0.729. The van der Waals surface area contributed by atoms with Crippen LogP contribution in [0, 0.1) is 6.92 Å². The first-order chi connectivity index (χ1) is 7.84. The predicted molar refractivity (Wildman–Crippen MR) is 68.8 cm³/mol. The van der Waals surface area contributed by atoms with Gasteiger partial charge in [0, 0.05) is 33.4 Å². The van der Waals surface area contributed by atoms with Gasteiger partial charge in [0.05, 0.1) is 5.69 Å². The van der Waals surface area contributed by atoms with Crippen molar-refractivity contribution < 1.29 is 0 Å². The van der Waals surface area contributed by atoms with E-state index < -0.39 is 0 Å². The number of hydrogen-bond acceptors (Lipinski definition) is 3. The molecule has 3 heteroatoms. The summed E-state index contributed by atoms with van der Waals surface area (Å²) in [7, 11) is 0. The van der Waals surface area contributed by atoms with Crippen molar-refractivity contribution in [3.8, 4) is 10.4 Å². The van der Waals surface area contributed by atoms with Crippen LogP contribution in [0.4, 0.5) is 5.69 Å². The number of aromatic nitrogens is 1. The highest BCUT2D eigenvalue weighted by Gasteiger charge is 2.13. The molecular formula is C13H12N2S. The average Bonchev–Trinajstić information content (AvgIpc) is 2.73. The number of thiophene rings is 1. The molecule has 0 aromatic carbocycles. The Morgan fingerprint density at radius 2 is 2.31 bits per heavy atom. The third kappa shape index (κ3) is 1.57. The van der Waals surface area contributed by atoms with E-state index in [0.29, 0.717) is 0 Å². The molecule has 80 valence electrons. The topological polar surface area (TPSA) is 25.2 Å². The normalized spacial score (nSPS) is 13.8. The van der Waals surface area contributed by atoms with E-state index in [1.54, 1.807) is 0 Å². The second-order valence-corrected chi connectivity index (χ2v) is 5.04. The number of pyridine rings is 1. The van der Waals surface area contributed by atoms with Gasteiger partial charge in [-0.15, -0.1) is 11.3 Å². The van der Waals surface area contributed by atoms with Crippen LogP contribution in [0.15, 0.2) is 29.4 Å². The number of aliphatic imine (C=N–C) groups is 1. The summed E-state index contributed by atoms with van der Waals surface area (Å²) in [5, 5.41) is 0. The van der Waals surface area contributed by atoms with Crippen LogP contribution in [0.1, 0.15) is 17.0 Å². The molecule has 0 bridgehead atoms. The molecule has 1 aliphatic heterocycles. The molecule has 2 aromatic heterocycles. The highest BCUT2D eigenvalue weighted by molar-refractivity contribution is 7.16. The van der Waals surface area contributed by atoms with Crippen molar-refractivity contribution >= 4 is 23.2 Å². The largest absolute Gasteiger partial charge is 0.261 e. The molecule has 0 amide bonds. The van der Waals surface area contributed by atoms with Gasteiger partial charge >= 0.3 is 0 Å². The third-order valence-corrected chi connectivity index (χ3v) is 4.01. The van der Waals surface area contributed by atoms with Gasteiger partial charge < -0.3 is 0 Å². The summed E-state index contributed by atoms with van der Waals surface area (Å²) in [6.45, 7) is 2.05. The lowest BCUT2D eigenvalue weighted by Gasteiger charge is -2.00. The molecule has 0 spiro atoms. The van der Waals surface area contributed by atoms with Crippen molar-refractivity contribution in [2.45, 2.75) is 19.8 Å². The Hall–Kier alpha value is -1.48. The summed E-state index contributed by atoms with van der Waals surface area (Å²) in [5.41, 5.74) is 3.47. The van der Waals surface area contributed by atoms with E-state index in [2.05, 4.69) is 29.0 Å². The molecule has 16 heavy (non-hydrogen) atoms. The van der Waals surface area contributed by atoms with Crippen molar-refractivity contribution in [3.63, 3.8) is 0 Å². The first-order valence-corrected chi connectivity index (χ1v) is 6.23. The van der Waals surface area contributed by atoms with Crippen LogP contribution in [0.3, 0.4) is 0 Å². The molecule has 0 aliphatic carbocycles. The molecule has 2 aromatic rings. The van der Waals surface area contributed by atoms with Gasteiger partial charge in [0.1, 0.15) is 0 Å². The fourth-order valence-electron chi connectivity index (χ4n) is 1.94. The number of nitrogens with zero attached hydrogens (tertiary/aromatic N) is 2. The maximum Gasteiger partial charge on any atom is 0.0771 e. The van der Waals surface area contributed by atoms with Crippen molar-refractivity contribution in [2.75, 3.05) is 0 Å². The van der Waals surface area contributed by atoms with Crippen LogP contribution in [0.25, 0.3) is 10.4 Å². The Morgan fingerprint density at radius 1 is 1.38 bits per heavy atom. The molecular weight excluding hydrogens is 216 g/mol. The molecule has 2 nitrogen and oxygen atoms in total. The first kappa shape index (κ1) is 9.73. The fourth-order valence-corrected chi connectivity index (χ4v) is 3.14. The molecule has 3 heterocycles. The average molecular weight is 228 g/mol. The third-order valence-electron chi connectivity index (χ3n) is 2.79. The molecule has 0 radical (unpaired) electrons. The van der Waals surface area contributed by atoms with Gasteiger partial charge in [0.15, 0.2) is 0 Å². The van der Waals surface area contributed by atoms with Gasteiger partial charge in [-0.1, -0.05) is 6.07 Å². The van der Waals surface area contributed by atoms with E-state index in [9.17, 15) is 0 Å². The minimum atomic E-state index is 1.07. The first-order valence-electron chi connectivity index (χ1n) is 5.42. The molecule has 0 unspecified atom stereocenters. The summed E-state index contributed by atoms with van der Waals surface area (Å²) >= 11 is 1.85. The van der Waals surface area contributed by atoms with Crippen LogP contribution in [0.2, 0.25) is 0 Å². The van der Waals surface area contributed by atoms with Gasteiger partial charge in [0.2, 0.25) is 0 Å². The molecule has 0 saturated carbocycles. The standard InChI is InChI=1S/C13H12N2S/c1-9-10(4-2-6-14-9)13-8-11-12(16-13)5-3-7-15-11/h2,4,6-8H,3,5H2,1H3. The Labute approximate surface area is 98.7 Å². The molecule has 0 atom stereocenters. The van der Waals surface area contributed by atoms with Crippen molar-refractivity contribution in [1.82, 2.24) is 4.98 Å². The van der Waals surface area contributed by atoms with Crippen LogP contribution in [-0.2, 0) is 6.42 Å². The van der Waals surface area contributed by atoms with E-state index >= 15 is 0 Å². The smallest absolute Gasteiger partial charge is 0.0771 e. The number of rotatable bonds is 1. The Morgan fingerprint density at radius 3 is 3.12 bits per heavy atom. The molecule has 1 aliphatic rings. The van der Waals surface area contributed by atoms with Gasteiger partial charge in [-0.05, 0) is 31.9 Å². The van der Waals surface area contributed by atoms with E-state index in [-0.39, 0.29) is 0 Å². The Bertz CT molecular complexity index is 555. The van der Waals surface area contributed by atoms with Gasteiger partial charge in [-0.25, -0.2) is 0 Å². The zero-order valence-corrected chi connectivity index (χ0v) is 9.92. The van der Waals surface area contributed by atoms with Gasteiger partial charge in [-0.2, -0.15) is 0 Å². The summed E-state index contributed by atoms with van der Waals surface area (Å²) in [4.78, 5) is 11.5. The van der Waals surface area contributed by atoms with E-state index in [4.69, 9.17) is 0 Å². The van der Waals surface area contributed by atoms with Crippen molar-refractivity contribution in [1.29, 1.82) is 0 Å². The van der Waals surface area contributed by atoms with Crippen LogP contribution < -0.4 is 0 Å². The van der Waals surface area contributed by atoms with Gasteiger partial charge in [-0.3, -0.25) is 9.98 Å².